The van der Waals surface area contributed by atoms with Gasteiger partial charge in [0.05, 0.1) is 24.1 Å². The molecule has 1 atom stereocenters. The molecule has 3 N–H and O–H groups in total. The Hall–Kier alpha value is -2.39. The minimum atomic E-state index is -0.908. The number of carbonyl (C=O) groups is 2. The second-order valence-electron chi connectivity index (χ2n) is 6.91. The van der Waals surface area contributed by atoms with Crippen molar-refractivity contribution in [2.45, 2.75) is 58.1 Å². The van der Waals surface area contributed by atoms with Gasteiger partial charge in [0.25, 0.3) is 0 Å². The van der Waals surface area contributed by atoms with Crippen LogP contribution in [-0.2, 0) is 20.7 Å². The molecule has 0 bridgehead atoms. The van der Waals surface area contributed by atoms with E-state index in [2.05, 4.69) is 11.4 Å². The number of amides is 1. The van der Waals surface area contributed by atoms with Gasteiger partial charge in [-0.1, -0.05) is 18.2 Å². The fourth-order valence-electron chi connectivity index (χ4n) is 2.29. The monoisotopic (exact) mass is 345 g/mol. The van der Waals surface area contributed by atoms with Crippen molar-refractivity contribution in [2.24, 2.45) is 5.73 Å². The molecular weight excluding hydrogens is 318 g/mol. The van der Waals surface area contributed by atoms with E-state index in [9.17, 15) is 9.59 Å². The highest BCUT2D eigenvalue weighted by Gasteiger charge is 2.22. The number of rotatable bonds is 8. The Morgan fingerprint density at radius 2 is 1.96 bits per heavy atom. The minimum absolute atomic E-state index is 0.140. The number of ether oxygens (including phenoxy) is 1. The molecule has 0 aliphatic rings. The van der Waals surface area contributed by atoms with Gasteiger partial charge in [0.15, 0.2) is 0 Å². The Bertz CT molecular complexity index is 630. The number of benzene rings is 1. The minimum Gasteiger partial charge on any atom is -0.460 e. The Labute approximate surface area is 149 Å². The lowest BCUT2D eigenvalue weighted by molar-refractivity contribution is -0.156. The number of hydrogen-bond acceptors (Lipinski definition) is 5. The van der Waals surface area contributed by atoms with Crippen LogP contribution in [0.25, 0.3) is 0 Å². The fraction of sp³-hybridized carbons (Fsp3) is 0.526. The summed E-state index contributed by atoms with van der Waals surface area (Å²) in [6.07, 6.45) is 2.26. The van der Waals surface area contributed by atoms with Crippen LogP contribution in [0.15, 0.2) is 24.3 Å². The van der Waals surface area contributed by atoms with Crippen LogP contribution in [0.2, 0.25) is 0 Å². The second kappa shape index (κ2) is 9.80. The molecule has 1 amide bonds. The molecule has 0 radical (unpaired) electrons. The van der Waals surface area contributed by atoms with Gasteiger partial charge in [-0.3, -0.25) is 9.59 Å². The molecule has 0 saturated heterocycles. The molecule has 0 saturated carbocycles. The average molecular weight is 345 g/mol. The lowest BCUT2D eigenvalue weighted by Gasteiger charge is -2.20. The Morgan fingerprint density at radius 3 is 2.60 bits per heavy atom. The maximum atomic E-state index is 11.9. The van der Waals surface area contributed by atoms with Gasteiger partial charge >= 0.3 is 5.97 Å². The molecule has 0 unspecified atom stereocenters. The van der Waals surface area contributed by atoms with Crippen LogP contribution in [0.3, 0.4) is 0 Å². The van der Waals surface area contributed by atoms with E-state index < -0.39 is 17.6 Å². The molecule has 0 spiro atoms. The van der Waals surface area contributed by atoms with E-state index in [-0.39, 0.29) is 12.3 Å². The molecular formula is C19H27N3O3. The molecule has 0 heterocycles. The molecule has 1 aromatic carbocycles. The van der Waals surface area contributed by atoms with Crippen molar-refractivity contribution in [3.05, 3.63) is 35.4 Å². The normalized spacial score (nSPS) is 12.1. The highest BCUT2D eigenvalue weighted by molar-refractivity contribution is 5.86. The van der Waals surface area contributed by atoms with Crippen molar-refractivity contribution < 1.29 is 14.3 Å². The SMILES string of the molecule is CC(C)(C)OC(=O)C[C@@H](N)C(=O)NCCCCc1ccccc1C#N. The van der Waals surface area contributed by atoms with Crippen LogP contribution in [0.5, 0.6) is 0 Å². The van der Waals surface area contributed by atoms with Crippen molar-refractivity contribution in [1.29, 1.82) is 5.26 Å². The first-order valence-electron chi connectivity index (χ1n) is 8.46. The zero-order valence-corrected chi connectivity index (χ0v) is 15.2. The summed E-state index contributed by atoms with van der Waals surface area (Å²) in [5, 5.41) is 11.8. The number of carbonyl (C=O) groups excluding carboxylic acids is 2. The lowest BCUT2D eigenvalue weighted by atomic mass is 10.0. The molecule has 0 aliphatic carbocycles. The van der Waals surface area contributed by atoms with Crippen LogP contribution in [0.4, 0.5) is 0 Å². The largest absolute Gasteiger partial charge is 0.460 e. The number of unbranched alkanes of at least 4 members (excludes halogenated alkanes) is 1. The standard InChI is InChI=1S/C19H27N3O3/c1-19(2,3)25-17(23)12-16(21)18(24)22-11-7-6-9-14-8-4-5-10-15(14)13-20/h4-5,8,10,16H,6-7,9,11-12,21H2,1-3H3,(H,22,24)/t16-/m1/s1. The van der Waals surface area contributed by atoms with Gasteiger partial charge in [0.2, 0.25) is 5.91 Å². The van der Waals surface area contributed by atoms with Crippen LogP contribution in [0, 0.1) is 11.3 Å². The van der Waals surface area contributed by atoms with Gasteiger partial charge in [0.1, 0.15) is 5.60 Å². The Morgan fingerprint density at radius 1 is 1.28 bits per heavy atom. The average Bonchev–Trinajstić information content (AvgIpc) is 2.52. The van der Waals surface area contributed by atoms with Crippen molar-refractivity contribution in [3.63, 3.8) is 0 Å². The summed E-state index contributed by atoms with van der Waals surface area (Å²) in [5.74, 6) is -0.841. The first-order chi connectivity index (χ1) is 11.7. The number of nitrogens with one attached hydrogen (secondary N) is 1. The number of hydrogen-bond donors (Lipinski definition) is 2. The maximum absolute atomic E-state index is 11.9. The first kappa shape index (κ1) is 20.7. The van der Waals surface area contributed by atoms with Gasteiger partial charge in [-0.25, -0.2) is 0 Å². The van der Waals surface area contributed by atoms with Crippen molar-refractivity contribution >= 4 is 11.9 Å². The van der Waals surface area contributed by atoms with Crippen LogP contribution in [-0.4, -0.2) is 30.1 Å². The summed E-state index contributed by atoms with van der Waals surface area (Å²) < 4.78 is 5.15. The molecule has 1 rings (SSSR count). The Balaban J connectivity index is 2.26. The summed E-state index contributed by atoms with van der Waals surface area (Å²) in [5.41, 5.74) is 6.84. The Kier molecular flexibility index (Phi) is 8.09. The van der Waals surface area contributed by atoms with Gasteiger partial charge in [-0.2, -0.15) is 5.26 Å². The van der Waals surface area contributed by atoms with Crippen molar-refractivity contribution in [3.8, 4) is 6.07 Å². The van der Waals surface area contributed by atoms with E-state index in [1.165, 1.54) is 0 Å². The summed E-state index contributed by atoms with van der Waals surface area (Å²) in [6, 6.07) is 8.75. The van der Waals surface area contributed by atoms with Gasteiger partial charge < -0.3 is 15.8 Å². The molecule has 136 valence electrons. The van der Waals surface area contributed by atoms with Crippen molar-refractivity contribution in [1.82, 2.24) is 5.32 Å². The van der Waals surface area contributed by atoms with Gasteiger partial charge in [-0.05, 0) is 51.7 Å². The summed E-state index contributed by atoms with van der Waals surface area (Å²) in [4.78, 5) is 23.5. The number of esters is 1. The lowest BCUT2D eigenvalue weighted by Crippen LogP contribution is -2.43. The predicted octanol–water partition coefficient (Wildman–Crippen LogP) is 2.06. The third-order valence-electron chi connectivity index (χ3n) is 3.45. The van der Waals surface area contributed by atoms with Crippen LogP contribution >= 0.6 is 0 Å². The third kappa shape index (κ3) is 8.32. The van der Waals surface area contributed by atoms with E-state index in [1.807, 2.05) is 18.2 Å². The van der Waals surface area contributed by atoms with E-state index in [0.29, 0.717) is 12.1 Å². The number of nitrogens with two attached hydrogens (primary N) is 1. The van der Waals surface area contributed by atoms with Crippen molar-refractivity contribution in [2.75, 3.05) is 6.54 Å². The fourth-order valence-corrected chi connectivity index (χ4v) is 2.29. The first-order valence-corrected chi connectivity index (χ1v) is 8.46. The molecule has 0 fully saturated rings. The van der Waals surface area contributed by atoms with Gasteiger partial charge in [0, 0.05) is 6.54 Å². The topological polar surface area (TPSA) is 105 Å². The quantitative estimate of drug-likeness (QED) is 0.554. The van der Waals surface area contributed by atoms with E-state index >= 15 is 0 Å². The predicted molar refractivity (Wildman–Crippen MR) is 95.5 cm³/mol. The van der Waals surface area contributed by atoms with Gasteiger partial charge in [-0.15, -0.1) is 0 Å². The summed E-state index contributed by atoms with van der Waals surface area (Å²) in [7, 11) is 0. The smallest absolute Gasteiger partial charge is 0.308 e. The molecule has 25 heavy (non-hydrogen) atoms. The maximum Gasteiger partial charge on any atom is 0.308 e. The molecule has 6 nitrogen and oxygen atoms in total. The molecule has 0 aliphatic heterocycles. The number of nitrogens with zero attached hydrogens (tertiary/aromatic N) is 1. The zero-order chi connectivity index (χ0) is 18.9. The van der Waals surface area contributed by atoms with Crippen LogP contribution in [0.1, 0.15) is 51.2 Å². The number of aryl methyl sites for hydroxylation is 1. The third-order valence-corrected chi connectivity index (χ3v) is 3.45. The highest BCUT2D eigenvalue weighted by Crippen LogP contribution is 2.11. The van der Waals surface area contributed by atoms with E-state index in [1.54, 1.807) is 26.8 Å². The van der Waals surface area contributed by atoms with E-state index in [0.717, 1.165) is 24.8 Å². The molecule has 1 aromatic rings. The molecule has 0 aromatic heterocycles. The van der Waals surface area contributed by atoms with Crippen LogP contribution < -0.4 is 11.1 Å². The van der Waals surface area contributed by atoms with E-state index in [4.69, 9.17) is 15.7 Å². The zero-order valence-electron chi connectivity index (χ0n) is 15.2. The second-order valence-corrected chi connectivity index (χ2v) is 6.91. The number of nitriles is 1. The summed E-state index contributed by atoms with van der Waals surface area (Å²) >= 11 is 0. The summed E-state index contributed by atoms with van der Waals surface area (Å²) in [6.45, 7) is 5.78. The highest BCUT2D eigenvalue weighted by atomic mass is 16.6. The molecule has 6 heteroatoms.